The SMILES string of the molecule is NC1OC2(CN3CCC2CC3)CN1c1cc(-c2cccnc2F)ncn1. The molecule has 8 heteroatoms. The van der Waals surface area contributed by atoms with E-state index in [0.29, 0.717) is 29.5 Å². The first-order valence-corrected chi connectivity index (χ1v) is 9.00. The van der Waals surface area contributed by atoms with E-state index in [1.807, 2.05) is 4.90 Å². The van der Waals surface area contributed by atoms with Gasteiger partial charge in [0.2, 0.25) is 5.95 Å². The van der Waals surface area contributed by atoms with Crippen LogP contribution in [0.4, 0.5) is 10.2 Å². The lowest BCUT2D eigenvalue weighted by Crippen LogP contribution is -2.61. The van der Waals surface area contributed by atoms with Crippen molar-refractivity contribution in [3.8, 4) is 11.3 Å². The summed E-state index contributed by atoms with van der Waals surface area (Å²) in [4.78, 5) is 16.7. The highest BCUT2D eigenvalue weighted by Crippen LogP contribution is 2.43. The summed E-state index contributed by atoms with van der Waals surface area (Å²) in [6.07, 6.45) is 4.60. The number of hydrogen-bond donors (Lipinski definition) is 1. The van der Waals surface area contributed by atoms with Gasteiger partial charge in [-0.25, -0.2) is 15.0 Å². The molecule has 2 aromatic rings. The summed E-state index contributed by atoms with van der Waals surface area (Å²) in [5, 5.41) is 0. The maximum atomic E-state index is 14.0. The molecule has 2 atom stereocenters. The van der Waals surface area contributed by atoms with E-state index in [0.717, 1.165) is 32.5 Å². The van der Waals surface area contributed by atoms with Gasteiger partial charge < -0.3 is 14.5 Å². The molecule has 4 aliphatic heterocycles. The number of anilines is 1. The van der Waals surface area contributed by atoms with Crippen LogP contribution in [0.3, 0.4) is 0 Å². The van der Waals surface area contributed by atoms with Crippen molar-refractivity contribution in [2.45, 2.75) is 24.8 Å². The van der Waals surface area contributed by atoms with Gasteiger partial charge in [-0.1, -0.05) is 0 Å². The fraction of sp³-hybridized carbons (Fsp3) is 0.500. The number of nitrogens with zero attached hydrogens (tertiary/aromatic N) is 5. The molecule has 4 aliphatic rings. The van der Waals surface area contributed by atoms with Crippen molar-refractivity contribution in [2.24, 2.45) is 11.7 Å². The average Bonchev–Trinajstić information content (AvgIpc) is 2.99. The van der Waals surface area contributed by atoms with E-state index >= 15 is 0 Å². The highest BCUT2D eigenvalue weighted by Gasteiger charge is 2.54. The molecule has 136 valence electrons. The second kappa shape index (κ2) is 5.94. The zero-order valence-corrected chi connectivity index (χ0v) is 14.4. The fourth-order valence-corrected chi connectivity index (χ4v) is 4.60. The minimum Gasteiger partial charge on any atom is -0.335 e. The smallest absolute Gasteiger partial charge is 0.222 e. The number of ether oxygens (including phenoxy) is 1. The fourth-order valence-electron chi connectivity index (χ4n) is 4.60. The van der Waals surface area contributed by atoms with Gasteiger partial charge in [0.15, 0.2) is 6.35 Å². The predicted molar refractivity (Wildman–Crippen MR) is 93.5 cm³/mol. The number of hydrogen-bond acceptors (Lipinski definition) is 7. The maximum Gasteiger partial charge on any atom is 0.222 e. The first kappa shape index (κ1) is 16.0. The van der Waals surface area contributed by atoms with Gasteiger partial charge in [0.25, 0.3) is 0 Å². The van der Waals surface area contributed by atoms with Gasteiger partial charge in [-0.15, -0.1) is 0 Å². The van der Waals surface area contributed by atoms with Gasteiger partial charge in [-0.3, -0.25) is 5.73 Å². The van der Waals surface area contributed by atoms with E-state index in [2.05, 4.69) is 19.9 Å². The van der Waals surface area contributed by atoms with E-state index < -0.39 is 12.3 Å². The number of fused-ring (bicyclic) bond motifs is 2. The van der Waals surface area contributed by atoms with E-state index in [1.54, 1.807) is 18.2 Å². The van der Waals surface area contributed by atoms with Crippen LogP contribution in [0.2, 0.25) is 0 Å². The Morgan fingerprint density at radius 3 is 2.77 bits per heavy atom. The molecule has 0 radical (unpaired) electrons. The first-order valence-electron chi connectivity index (χ1n) is 9.00. The Labute approximate surface area is 151 Å². The normalized spacial score (nSPS) is 33.2. The van der Waals surface area contributed by atoms with E-state index in [4.69, 9.17) is 10.5 Å². The average molecular weight is 356 g/mol. The van der Waals surface area contributed by atoms with Crippen molar-refractivity contribution in [3.63, 3.8) is 0 Å². The number of rotatable bonds is 2. The molecular formula is C18H21FN6O. The minimum absolute atomic E-state index is 0.236. The first-order chi connectivity index (χ1) is 12.6. The van der Waals surface area contributed by atoms with Crippen LogP contribution in [0, 0.1) is 11.9 Å². The topological polar surface area (TPSA) is 80.4 Å². The van der Waals surface area contributed by atoms with Gasteiger partial charge in [0.1, 0.15) is 17.7 Å². The number of nitrogens with two attached hydrogens (primary N) is 1. The molecule has 0 saturated carbocycles. The molecule has 0 aliphatic carbocycles. The maximum absolute atomic E-state index is 14.0. The summed E-state index contributed by atoms with van der Waals surface area (Å²) in [5.74, 6) is 0.632. The molecule has 7 nitrogen and oxygen atoms in total. The molecule has 4 saturated heterocycles. The molecule has 1 spiro atoms. The number of aromatic nitrogens is 3. The third kappa shape index (κ3) is 2.48. The molecular weight excluding hydrogens is 335 g/mol. The predicted octanol–water partition coefficient (Wildman–Crippen LogP) is 1.22. The highest BCUT2D eigenvalue weighted by molar-refractivity contribution is 5.62. The number of piperidine rings is 3. The molecule has 2 unspecified atom stereocenters. The summed E-state index contributed by atoms with van der Waals surface area (Å²) in [7, 11) is 0. The Balaban J connectivity index is 1.46. The van der Waals surface area contributed by atoms with Crippen molar-refractivity contribution in [2.75, 3.05) is 31.1 Å². The lowest BCUT2D eigenvalue weighted by molar-refractivity contribution is -0.137. The summed E-state index contributed by atoms with van der Waals surface area (Å²) in [5.41, 5.74) is 6.91. The molecule has 2 N–H and O–H groups in total. The molecule has 2 bridgehead atoms. The molecule has 2 aromatic heterocycles. The zero-order valence-electron chi connectivity index (χ0n) is 14.4. The van der Waals surface area contributed by atoms with Crippen molar-refractivity contribution in [3.05, 3.63) is 36.7 Å². The Hall–Kier alpha value is -2.16. The summed E-state index contributed by atoms with van der Waals surface area (Å²) < 4.78 is 20.3. The standard InChI is InChI=1S/C18H21FN6O/c19-16-13(2-1-5-21-16)14-8-15(23-11-22-14)25-10-18(26-17(25)20)9-24-6-3-12(18)4-7-24/h1-2,5,8,11-12,17H,3-4,6-7,9-10,20H2. The second-order valence-electron chi connectivity index (χ2n) is 7.35. The minimum atomic E-state index is -0.558. The Bertz CT molecular complexity index is 827. The van der Waals surface area contributed by atoms with Crippen molar-refractivity contribution < 1.29 is 9.13 Å². The summed E-state index contributed by atoms with van der Waals surface area (Å²) in [6, 6.07) is 5.10. The van der Waals surface area contributed by atoms with Gasteiger partial charge in [-0.2, -0.15) is 4.39 Å². The quantitative estimate of drug-likeness (QED) is 0.811. The lowest BCUT2D eigenvalue weighted by Gasteiger charge is -2.50. The van der Waals surface area contributed by atoms with E-state index in [1.165, 1.54) is 12.5 Å². The van der Waals surface area contributed by atoms with Gasteiger partial charge in [-0.05, 0) is 44.0 Å². The van der Waals surface area contributed by atoms with Crippen LogP contribution in [0.1, 0.15) is 12.8 Å². The van der Waals surface area contributed by atoms with Crippen LogP contribution in [0.25, 0.3) is 11.3 Å². The Kier molecular flexibility index (Phi) is 3.66. The van der Waals surface area contributed by atoms with Crippen LogP contribution < -0.4 is 10.6 Å². The monoisotopic (exact) mass is 356 g/mol. The van der Waals surface area contributed by atoms with Gasteiger partial charge >= 0.3 is 0 Å². The molecule has 26 heavy (non-hydrogen) atoms. The van der Waals surface area contributed by atoms with Crippen LogP contribution in [0.15, 0.2) is 30.7 Å². The van der Waals surface area contributed by atoms with Crippen LogP contribution in [-0.4, -0.2) is 58.0 Å². The van der Waals surface area contributed by atoms with Crippen molar-refractivity contribution in [1.82, 2.24) is 19.9 Å². The second-order valence-corrected chi connectivity index (χ2v) is 7.35. The lowest BCUT2D eigenvalue weighted by atomic mass is 9.75. The van der Waals surface area contributed by atoms with Crippen LogP contribution in [0.5, 0.6) is 0 Å². The van der Waals surface area contributed by atoms with E-state index in [9.17, 15) is 4.39 Å². The molecule has 0 amide bonds. The van der Waals surface area contributed by atoms with Gasteiger partial charge in [0.05, 0.1) is 17.8 Å². The third-order valence-electron chi connectivity index (χ3n) is 5.91. The van der Waals surface area contributed by atoms with Gasteiger partial charge in [0, 0.05) is 18.8 Å². The van der Waals surface area contributed by atoms with Crippen LogP contribution >= 0.6 is 0 Å². The van der Waals surface area contributed by atoms with Crippen LogP contribution in [-0.2, 0) is 4.74 Å². The van der Waals surface area contributed by atoms with Crippen molar-refractivity contribution >= 4 is 5.82 Å². The molecule has 6 rings (SSSR count). The van der Waals surface area contributed by atoms with E-state index in [-0.39, 0.29) is 5.60 Å². The summed E-state index contributed by atoms with van der Waals surface area (Å²) in [6.45, 7) is 3.89. The van der Waals surface area contributed by atoms with Crippen molar-refractivity contribution in [1.29, 1.82) is 0 Å². The number of halogens is 1. The molecule has 6 heterocycles. The Morgan fingerprint density at radius 1 is 1.19 bits per heavy atom. The molecule has 0 aromatic carbocycles. The number of pyridine rings is 1. The largest absolute Gasteiger partial charge is 0.335 e. The molecule has 4 fully saturated rings. The third-order valence-corrected chi connectivity index (χ3v) is 5.91. The highest BCUT2D eigenvalue weighted by atomic mass is 19.1. The zero-order chi connectivity index (χ0) is 17.7. The Morgan fingerprint density at radius 2 is 2.04 bits per heavy atom. The summed E-state index contributed by atoms with van der Waals surface area (Å²) >= 11 is 0.